The third kappa shape index (κ3) is 3.34. The maximum absolute atomic E-state index is 12.3. The SMILES string of the molecule is COC[C@H]1OCN(c2ccc3nc(CCCC#N)sc3c2)C1=O. The van der Waals surface area contributed by atoms with Crippen molar-refractivity contribution in [2.24, 2.45) is 0 Å². The van der Waals surface area contributed by atoms with Crippen LogP contribution in [0.25, 0.3) is 10.2 Å². The summed E-state index contributed by atoms with van der Waals surface area (Å²) in [5.74, 6) is -0.0787. The molecule has 0 bridgehead atoms. The van der Waals surface area contributed by atoms with Crippen LogP contribution in [0.1, 0.15) is 17.8 Å². The van der Waals surface area contributed by atoms with Gasteiger partial charge < -0.3 is 9.47 Å². The van der Waals surface area contributed by atoms with Gasteiger partial charge in [-0.05, 0) is 24.6 Å². The number of amides is 1. The highest BCUT2D eigenvalue weighted by Gasteiger charge is 2.33. The molecule has 0 saturated carbocycles. The molecule has 1 aliphatic rings. The number of unbranched alkanes of at least 4 members (excludes halogenated alkanes) is 1. The molecule has 0 radical (unpaired) electrons. The molecule has 2 heterocycles. The first-order valence-corrected chi connectivity index (χ1v) is 8.23. The predicted molar refractivity (Wildman–Crippen MR) is 87.3 cm³/mol. The molecule has 23 heavy (non-hydrogen) atoms. The zero-order chi connectivity index (χ0) is 16.2. The van der Waals surface area contributed by atoms with Crippen LogP contribution in [-0.4, -0.2) is 37.4 Å². The van der Waals surface area contributed by atoms with E-state index in [2.05, 4.69) is 11.1 Å². The van der Waals surface area contributed by atoms with Gasteiger partial charge >= 0.3 is 0 Å². The minimum Gasteiger partial charge on any atom is -0.381 e. The number of nitriles is 1. The predicted octanol–water partition coefficient (Wildman–Crippen LogP) is 2.48. The molecular weight excluding hydrogens is 314 g/mol. The lowest BCUT2D eigenvalue weighted by molar-refractivity contribution is -0.124. The van der Waals surface area contributed by atoms with Crippen molar-refractivity contribution in [1.29, 1.82) is 5.26 Å². The number of nitrogens with zero attached hydrogens (tertiary/aromatic N) is 3. The number of rotatable bonds is 6. The first-order chi connectivity index (χ1) is 11.2. The molecule has 1 atom stereocenters. The summed E-state index contributed by atoms with van der Waals surface area (Å²) in [6, 6.07) is 7.92. The number of fused-ring (bicyclic) bond motifs is 1. The Labute approximate surface area is 138 Å². The molecule has 6 nitrogen and oxygen atoms in total. The van der Waals surface area contributed by atoms with E-state index in [1.807, 2.05) is 18.2 Å². The number of aromatic nitrogens is 1. The van der Waals surface area contributed by atoms with Gasteiger partial charge in [0.25, 0.3) is 5.91 Å². The second kappa shape index (κ2) is 7.04. The maximum atomic E-state index is 12.3. The van der Waals surface area contributed by atoms with Crippen molar-refractivity contribution in [2.75, 3.05) is 25.3 Å². The van der Waals surface area contributed by atoms with Crippen molar-refractivity contribution in [3.05, 3.63) is 23.2 Å². The van der Waals surface area contributed by atoms with E-state index in [-0.39, 0.29) is 19.2 Å². The Kier molecular flexibility index (Phi) is 4.86. The Morgan fingerprint density at radius 3 is 3.22 bits per heavy atom. The monoisotopic (exact) mass is 331 g/mol. The Morgan fingerprint density at radius 2 is 2.43 bits per heavy atom. The van der Waals surface area contributed by atoms with E-state index in [0.29, 0.717) is 6.42 Å². The van der Waals surface area contributed by atoms with Crippen LogP contribution in [0.3, 0.4) is 0 Å². The molecule has 1 aromatic carbocycles. The Bertz CT molecular complexity index is 753. The van der Waals surface area contributed by atoms with Crippen molar-refractivity contribution >= 4 is 33.1 Å². The van der Waals surface area contributed by atoms with Gasteiger partial charge in [-0.25, -0.2) is 4.98 Å². The van der Waals surface area contributed by atoms with E-state index < -0.39 is 6.10 Å². The van der Waals surface area contributed by atoms with Gasteiger partial charge in [0.15, 0.2) is 6.10 Å². The fourth-order valence-electron chi connectivity index (χ4n) is 2.50. The van der Waals surface area contributed by atoms with E-state index in [0.717, 1.165) is 33.8 Å². The summed E-state index contributed by atoms with van der Waals surface area (Å²) in [5.41, 5.74) is 1.74. The van der Waals surface area contributed by atoms with E-state index in [4.69, 9.17) is 14.7 Å². The number of hydrogen-bond donors (Lipinski definition) is 0. The standard InChI is InChI=1S/C16H17N3O3S/c1-21-9-13-16(20)19(10-22-13)11-5-6-12-14(8-11)23-15(18-12)4-2-3-7-17/h5-6,8,13H,2-4,9-10H2,1H3/t13-/m1/s1. The number of hydrogen-bond acceptors (Lipinski definition) is 6. The Morgan fingerprint density at radius 1 is 1.57 bits per heavy atom. The second-order valence-electron chi connectivity index (χ2n) is 5.28. The van der Waals surface area contributed by atoms with E-state index in [1.165, 1.54) is 0 Å². The molecule has 2 aromatic rings. The minimum atomic E-state index is -0.529. The number of thiazole rings is 1. The molecule has 120 valence electrons. The molecule has 7 heteroatoms. The van der Waals surface area contributed by atoms with Crippen molar-refractivity contribution in [1.82, 2.24) is 4.98 Å². The number of ether oxygens (including phenoxy) is 2. The number of carbonyl (C=O) groups is 1. The number of aryl methyl sites for hydroxylation is 1. The van der Waals surface area contributed by atoms with Gasteiger partial charge in [-0.1, -0.05) is 0 Å². The lowest BCUT2D eigenvalue weighted by atomic mass is 10.2. The summed E-state index contributed by atoms with van der Waals surface area (Å²) in [7, 11) is 1.55. The smallest absolute Gasteiger partial charge is 0.260 e. The van der Waals surface area contributed by atoms with Crippen molar-refractivity contribution in [3.63, 3.8) is 0 Å². The van der Waals surface area contributed by atoms with Crippen LogP contribution >= 0.6 is 11.3 Å². The highest BCUT2D eigenvalue weighted by molar-refractivity contribution is 7.18. The summed E-state index contributed by atoms with van der Waals surface area (Å²) in [6.07, 6.45) is 1.64. The number of carbonyl (C=O) groups excluding carboxylic acids is 1. The number of benzene rings is 1. The van der Waals surface area contributed by atoms with E-state index in [9.17, 15) is 4.79 Å². The lowest BCUT2D eigenvalue weighted by Gasteiger charge is -2.14. The average molecular weight is 331 g/mol. The zero-order valence-electron chi connectivity index (χ0n) is 12.8. The third-order valence-corrected chi connectivity index (χ3v) is 4.75. The molecule has 1 fully saturated rings. The normalized spacial score (nSPS) is 17.8. The fourth-order valence-corrected chi connectivity index (χ4v) is 3.54. The van der Waals surface area contributed by atoms with Crippen LogP contribution in [-0.2, 0) is 20.7 Å². The minimum absolute atomic E-state index is 0.0787. The molecular formula is C16H17N3O3S. The van der Waals surface area contributed by atoms with Crippen LogP contribution < -0.4 is 4.90 Å². The molecule has 1 saturated heterocycles. The zero-order valence-corrected chi connectivity index (χ0v) is 13.6. The van der Waals surface area contributed by atoms with E-state index in [1.54, 1.807) is 23.3 Å². The highest BCUT2D eigenvalue weighted by atomic mass is 32.1. The Hall–Kier alpha value is -2.01. The average Bonchev–Trinajstić information content (AvgIpc) is 3.11. The maximum Gasteiger partial charge on any atom is 0.260 e. The molecule has 1 aromatic heterocycles. The first-order valence-electron chi connectivity index (χ1n) is 7.41. The molecule has 0 N–H and O–H groups in total. The number of anilines is 1. The van der Waals surface area contributed by atoms with Gasteiger partial charge in [0.2, 0.25) is 0 Å². The van der Waals surface area contributed by atoms with Crippen LogP contribution in [0.15, 0.2) is 18.2 Å². The second-order valence-corrected chi connectivity index (χ2v) is 6.39. The van der Waals surface area contributed by atoms with Crippen LogP contribution in [0, 0.1) is 11.3 Å². The Balaban J connectivity index is 1.78. The van der Waals surface area contributed by atoms with Gasteiger partial charge in [-0.2, -0.15) is 5.26 Å². The van der Waals surface area contributed by atoms with Crippen molar-refractivity contribution in [3.8, 4) is 6.07 Å². The first kappa shape index (κ1) is 15.9. The van der Waals surface area contributed by atoms with Gasteiger partial charge in [-0.3, -0.25) is 9.69 Å². The molecule has 0 aliphatic carbocycles. The van der Waals surface area contributed by atoms with Crippen LogP contribution in [0.5, 0.6) is 0 Å². The molecule has 1 aliphatic heterocycles. The van der Waals surface area contributed by atoms with Crippen molar-refractivity contribution < 1.29 is 14.3 Å². The summed E-state index contributed by atoms with van der Waals surface area (Å²) in [5, 5.41) is 9.62. The van der Waals surface area contributed by atoms with E-state index >= 15 is 0 Å². The highest BCUT2D eigenvalue weighted by Crippen LogP contribution is 2.29. The van der Waals surface area contributed by atoms with Crippen LogP contribution in [0.4, 0.5) is 5.69 Å². The third-order valence-electron chi connectivity index (χ3n) is 3.67. The van der Waals surface area contributed by atoms with Gasteiger partial charge in [0.1, 0.15) is 6.73 Å². The van der Waals surface area contributed by atoms with Crippen LogP contribution in [0.2, 0.25) is 0 Å². The fraction of sp³-hybridized carbons (Fsp3) is 0.438. The quantitative estimate of drug-likeness (QED) is 0.760. The van der Waals surface area contributed by atoms with Gasteiger partial charge in [-0.15, -0.1) is 11.3 Å². The van der Waals surface area contributed by atoms with Gasteiger partial charge in [0.05, 0.1) is 27.9 Å². The summed E-state index contributed by atoms with van der Waals surface area (Å²) < 4.78 is 11.5. The topological polar surface area (TPSA) is 75.5 Å². The number of methoxy groups -OCH3 is 1. The van der Waals surface area contributed by atoms with Gasteiger partial charge in [0, 0.05) is 25.6 Å². The molecule has 0 spiro atoms. The largest absolute Gasteiger partial charge is 0.381 e. The summed E-state index contributed by atoms with van der Waals surface area (Å²) in [4.78, 5) is 18.5. The molecule has 3 rings (SSSR count). The lowest BCUT2D eigenvalue weighted by Crippen LogP contribution is -2.31. The summed E-state index contributed by atoms with van der Waals surface area (Å²) in [6.45, 7) is 0.507. The summed E-state index contributed by atoms with van der Waals surface area (Å²) >= 11 is 1.61. The molecule has 0 unspecified atom stereocenters. The van der Waals surface area contributed by atoms with Crippen molar-refractivity contribution in [2.45, 2.75) is 25.4 Å². The molecule has 1 amide bonds.